The second kappa shape index (κ2) is 6.83. The third-order valence-corrected chi connectivity index (χ3v) is 4.17. The van der Waals surface area contributed by atoms with Crippen LogP contribution in [0.1, 0.15) is 43.0 Å². The molecule has 0 radical (unpaired) electrons. The van der Waals surface area contributed by atoms with Gasteiger partial charge in [-0.15, -0.1) is 0 Å². The second-order valence-electron chi connectivity index (χ2n) is 5.78. The lowest BCUT2D eigenvalue weighted by Gasteiger charge is -2.31. The van der Waals surface area contributed by atoms with Crippen LogP contribution in [0.2, 0.25) is 0 Å². The lowest BCUT2D eigenvalue weighted by molar-refractivity contribution is 0.110. The van der Waals surface area contributed by atoms with Gasteiger partial charge in [-0.05, 0) is 43.4 Å². The van der Waals surface area contributed by atoms with Crippen LogP contribution in [0.5, 0.6) is 0 Å². The Balaban J connectivity index is 1.83. The van der Waals surface area contributed by atoms with Crippen LogP contribution in [-0.4, -0.2) is 22.2 Å². The van der Waals surface area contributed by atoms with Crippen LogP contribution in [0.4, 0.5) is 0 Å². The van der Waals surface area contributed by atoms with Crippen molar-refractivity contribution in [1.29, 1.82) is 0 Å². The highest BCUT2D eigenvalue weighted by Gasteiger charge is 2.24. The standard InChI is InChI=1S/C18H22N2O/c21-16-10-6-9-15(13-16)20-18(14-7-2-1-3-8-14)17-11-4-5-12-19-17/h1-5,7-8,11-12,15-16,18,20-21H,6,9-10,13H2. The van der Waals surface area contributed by atoms with Gasteiger partial charge in [0.15, 0.2) is 0 Å². The van der Waals surface area contributed by atoms with Crippen LogP contribution in [0.3, 0.4) is 0 Å². The SMILES string of the molecule is OC1CCCC(NC(c2ccccc2)c2ccccn2)C1. The number of hydrogen-bond donors (Lipinski definition) is 2. The fourth-order valence-corrected chi connectivity index (χ4v) is 3.10. The molecule has 1 aliphatic rings. The Hall–Kier alpha value is -1.71. The molecule has 1 aromatic carbocycles. The quantitative estimate of drug-likeness (QED) is 0.906. The number of pyridine rings is 1. The summed E-state index contributed by atoms with van der Waals surface area (Å²) in [6.07, 6.45) is 5.63. The molecule has 2 aromatic rings. The molecule has 21 heavy (non-hydrogen) atoms. The smallest absolute Gasteiger partial charge is 0.0753 e. The molecule has 2 N–H and O–H groups in total. The van der Waals surface area contributed by atoms with E-state index in [1.54, 1.807) is 0 Å². The first-order valence-corrected chi connectivity index (χ1v) is 7.73. The Morgan fingerprint density at radius 1 is 1.05 bits per heavy atom. The Morgan fingerprint density at radius 2 is 1.86 bits per heavy atom. The molecule has 1 aromatic heterocycles. The number of aliphatic hydroxyl groups excluding tert-OH is 1. The van der Waals surface area contributed by atoms with E-state index in [0.717, 1.165) is 31.4 Å². The van der Waals surface area contributed by atoms with E-state index >= 15 is 0 Å². The molecule has 0 amide bonds. The van der Waals surface area contributed by atoms with Crippen molar-refractivity contribution in [1.82, 2.24) is 10.3 Å². The average Bonchev–Trinajstić information content (AvgIpc) is 2.54. The summed E-state index contributed by atoms with van der Waals surface area (Å²) in [5, 5.41) is 13.6. The van der Waals surface area contributed by atoms with Crippen LogP contribution >= 0.6 is 0 Å². The zero-order chi connectivity index (χ0) is 14.5. The van der Waals surface area contributed by atoms with Gasteiger partial charge in [-0.3, -0.25) is 4.98 Å². The summed E-state index contributed by atoms with van der Waals surface area (Å²) < 4.78 is 0. The van der Waals surface area contributed by atoms with Gasteiger partial charge < -0.3 is 10.4 Å². The van der Waals surface area contributed by atoms with E-state index in [0.29, 0.717) is 6.04 Å². The van der Waals surface area contributed by atoms with Gasteiger partial charge in [0, 0.05) is 12.2 Å². The molecular weight excluding hydrogens is 260 g/mol. The van der Waals surface area contributed by atoms with Crippen molar-refractivity contribution in [2.45, 2.75) is 43.9 Å². The lowest BCUT2D eigenvalue weighted by Crippen LogP contribution is -2.39. The number of hydrogen-bond acceptors (Lipinski definition) is 3. The van der Waals surface area contributed by atoms with Crippen molar-refractivity contribution in [3.05, 3.63) is 66.0 Å². The minimum absolute atomic E-state index is 0.0858. The highest BCUT2D eigenvalue weighted by molar-refractivity contribution is 5.27. The van der Waals surface area contributed by atoms with Crippen molar-refractivity contribution in [2.24, 2.45) is 0 Å². The van der Waals surface area contributed by atoms with Crippen LogP contribution in [-0.2, 0) is 0 Å². The van der Waals surface area contributed by atoms with Crippen LogP contribution in [0.15, 0.2) is 54.7 Å². The molecule has 3 unspecified atom stereocenters. The van der Waals surface area contributed by atoms with Gasteiger partial charge in [-0.2, -0.15) is 0 Å². The maximum atomic E-state index is 9.88. The first kappa shape index (κ1) is 14.2. The zero-order valence-electron chi connectivity index (χ0n) is 12.2. The van der Waals surface area contributed by atoms with E-state index in [2.05, 4.69) is 40.6 Å². The summed E-state index contributed by atoms with van der Waals surface area (Å²) in [6, 6.07) is 16.9. The monoisotopic (exact) mass is 282 g/mol. The summed E-state index contributed by atoms with van der Waals surface area (Å²) in [7, 11) is 0. The van der Waals surface area contributed by atoms with E-state index in [4.69, 9.17) is 0 Å². The van der Waals surface area contributed by atoms with Crippen LogP contribution in [0.25, 0.3) is 0 Å². The molecule has 3 rings (SSSR count). The van der Waals surface area contributed by atoms with E-state index < -0.39 is 0 Å². The topological polar surface area (TPSA) is 45.1 Å². The van der Waals surface area contributed by atoms with Gasteiger partial charge in [0.25, 0.3) is 0 Å². The summed E-state index contributed by atoms with van der Waals surface area (Å²) in [4.78, 5) is 4.51. The molecule has 3 atom stereocenters. The first-order chi connectivity index (χ1) is 10.3. The van der Waals surface area contributed by atoms with Gasteiger partial charge in [0.2, 0.25) is 0 Å². The first-order valence-electron chi connectivity index (χ1n) is 7.73. The molecule has 3 heteroatoms. The molecule has 1 heterocycles. The molecule has 3 nitrogen and oxygen atoms in total. The molecular formula is C18H22N2O. The average molecular weight is 282 g/mol. The van der Waals surface area contributed by atoms with Gasteiger partial charge >= 0.3 is 0 Å². The third kappa shape index (κ3) is 3.69. The molecule has 0 aliphatic heterocycles. The largest absolute Gasteiger partial charge is 0.393 e. The number of rotatable bonds is 4. The fraction of sp³-hybridized carbons (Fsp3) is 0.389. The van der Waals surface area contributed by atoms with Gasteiger partial charge in [-0.1, -0.05) is 36.4 Å². The Kier molecular flexibility index (Phi) is 4.63. The second-order valence-corrected chi connectivity index (χ2v) is 5.78. The van der Waals surface area contributed by atoms with E-state index in [-0.39, 0.29) is 12.1 Å². The van der Waals surface area contributed by atoms with E-state index in [9.17, 15) is 5.11 Å². The van der Waals surface area contributed by atoms with Crippen LogP contribution in [0, 0.1) is 0 Å². The van der Waals surface area contributed by atoms with Crippen molar-refractivity contribution in [3.8, 4) is 0 Å². The summed E-state index contributed by atoms with van der Waals surface area (Å²) in [5.74, 6) is 0. The molecule has 110 valence electrons. The molecule has 1 fully saturated rings. The summed E-state index contributed by atoms with van der Waals surface area (Å²) >= 11 is 0. The van der Waals surface area contributed by atoms with Crippen molar-refractivity contribution >= 4 is 0 Å². The fourth-order valence-electron chi connectivity index (χ4n) is 3.10. The molecule has 0 saturated heterocycles. The molecule has 1 aliphatic carbocycles. The number of benzene rings is 1. The Bertz CT molecular complexity index is 504. The number of aliphatic hydroxyl groups is 1. The number of nitrogens with one attached hydrogen (secondary N) is 1. The van der Waals surface area contributed by atoms with Gasteiger partial charge in [0.1, 0.15) is 0 Å². The highest BCUT2D eigenvalue weighted by atomic mass is 16.3. The van der Waals surface area contributed by atoms with E-state index in [1.807, 2.05) is 24.4 Å². The Labute approximate surface area is 126 Å². The van der Waals surface area contributed by atoms with Crippen LogP contribution < -0.4 is 5.32 Å². The van der Waals surface area contributed by atoms with Crippen molar-refractivity contribution in [2.75, 3.05) is 0 Å². The van der Waals surface area contributed by atoms with Crippen molar-refractivity contribution < 1.29 is 5.11 Å². The predicted octanol–water partition coefficient (Wildman–Crippen LogP) is 3.06. The molecule has 0 spiro atoms. The number of nitrogens with zero attached hydrogens (tertiary/aromatic N) is 1. The highest BCUT2D eigenvalue weighted by Crippen LogP contribution is 2.25. The Morgan fingerprint density at radius 3 is 2.57 bits per heavy atom. The maximum absolute atomic E-state index is 9.88. The molecule has 0 bridgehead atoms. The van der Waals surface area contributed by atoms with Gasteiger partial charge in [-0.25, -0.2) is 0 Å². The van der Waals surface area contributed by atoms with Crippen molar-refractivity contribution in [3.63, 3.8) is 0 Å². The minimum atomic E-state index is -0.170. The predicted molar refractivity (Wildman–Crippen MR) is 83.9 cm³/mol. The normalized spacial score (nSPS) is 23.7. The third-order valence-electron chi connectivity index (χ3n) is 4.17. The minimum Gasteiger partial charge on any atom is -0.393 e. The summed E-state index contributed by atoms with van der Waals surface area (Å²) in [6.45, 7) is 0. The maximum Gasteiger partial charge on any atom is 0.0753 e. The number of aromatic nitrogens is 1. The lowest BCUT2D eigenvalue weighted by atomic mass is 9.91. The van der Waals surface area contributed by atoms with Gasteiger partial charge in [0.05, 0.1) is 17.8 Å². The van der Waals surface area contributed by atoms with E-state index in [1.165, 1.54) is 5.56 Å². The zero-order valence-corrected chi connectivity index (χ0v) is 12.2. The molecule has 1 saturated carbocycles. The summed E-state index contributed by atoms with van der Waals surface area (Å²) in [5.41, 5.74) is 2.25.